The summed E-state index contributed by atoms with van der Waals surface area (Å²) in [6.07, 6.45) is 1.77. The molecule has 6 nitrogen and oxygen atoms in total. The van der Waals surface area contributed by atoms with Gasteiger partial charge in [-0.3, -0.25) is 4.90 Å². The summed E-state index contributed by atoms with van der Waals surface area (Å²) in [6, 6.07) is 12.5. The Kier molecular flexibility index (Phi) is 3.74. The van der Waals surface area contributed by atoms with E-state index in [-0.39, 0.29) is 6.04 Å². The van der Waals surface area contributed by atoms with Crippen molar-refractivity contribution in [1.82, 2.24) is 20.0 Å². The zero-order valence-corrected chi connectivity index (χ0v) is 13.7. The first-order chi connectivity index (χ1) is 11.7. The lowest BCUT2D eigenvalue weighted by molar-refractivity contribution is 0.291. The molecule has 1 aliphatic rings. The highest BCUT2D eigenvalue weighted by Gasteiger charge is 2.24. The summed E-state index contributed by atoms with van der Waals surface area (Å²) < 4.78 is 5.32. The van der Waals surface area contributed by atoms with E-state index in [9.17, 15) is 0 Å². The number of nitrogens with zero attached hydrogens (tertiary/aromatic N) is 4. The van der Waals surface area contributed by atoms with Crippen LogP contribution in [0.3, 0.4) is 0 Å². The molecular formula is C18H19N5O. The van der Waals surface area contributed by atoms with Crippen molar-refractivity contribution in [2.45, 2.75) is 19.5 Å². The second kappa shape index (κ2) is 6.05. The van der Waals surface area contributed by atoms with Crippen LogP contribution in [0.15, 0.2) is 47.1 Å². The predicted molar refractivity (Wildman–Crippen MR) is 91.4 cm³/mol. The number of fused-ring (bicyclic) bond motifs is 1. The van der Waals surface area contributed by atoms with Crippen LogP contribution in [0, 0.1) is 6.92 Å². The third kappa shape index (κ3) is 2.76. The lowest BCUT2D eigenvalue weighted by Gasteiger charge is -2.33. The first kappa shape index (κ1) is 14.8. The summed E-state index contributed by atoms with van der Waals surface area (Å²) in [5.74, 6) is 1.86. The molecule has 24 heavy (non-hydrogen) atoms. The highest BCUT2D eigenvalue weighted by Crippen LogP contribution is 2.31. The molecule has 3 aromatic rings. The predicted octanol–water partition coefficient (Wildman–Crippen LogP) is 3.04. The third-order valence-electron chi connectivity index (χ3n) is 4.24. The van der Waals surface area contributed by atoms with Crippen LogP contribution in [-0.4, -0.2) is 33.6 Å². The molecule has 0 bridgehead atoms. The van der Waals surface area contributed by atoms with Crippen molar-refractivity contribution in [3.8, 4) is 11.5 Å². The molecule has 0 amide bonds. The molecule has 1 N–H and O–H groups in total. The Morgan fingerprint density at radius 2 is 2.08 bits per heavy atom. The maximum absolute atomic E-state index is 5.32. The summed E-state index contributed by atoms with van der Waals surface area (Å²) in [4.78, 5) is 11.1. The molecule has 122 valence electrons. The number of nitrogens with one attached hydrogen (secondary N) is 1. The molecule has 0 spiro atoms. The number of aromatic nitrogens is 3. The quantitative estimate of drug-likeness (QED) is 0.800. The molecule has 1 aromatic carbocycles. The molecule has 1 aliphatic heterocycles. The van der Waals surface area contributed by atoms with Gasteiger partial charge in [0, 0.05) is 19.3 Å². The van der Waals surface area contributed by atoms with Crippen LogP contribution in [-0.2, 0) is 6.54 Å². The first-order valence-electron chi connectivity index (χ1n) is 7.99. The molecular weight excluding hydrogens is 302 g/mol. The van der Waals surface area contributed by atoms with Gasteiger partial charge in [0.1, 0.15) is 5.82 Å². The van der Waals surface area contributed by atoms with E-state index in [1.807, 2.05) is 19.1 Å². The second-order valence-electron chi connectivity index (χ2n) is 6.14. The van der Waals surface area contributed by atoms with Gasteiger partial charge < -0.3 is 9.84 Å². The fourth-order valence-electron chi connectivity index (χ4n) is 3.17. The highest BCUT2D eigenvalue weighted by atomic mass is 16.5. The monoisotopic (exact) mass is 321 g/mol. The van der Waals surface area contributed by atoms with Crippen molar-refractivity contribution in [2.24, 2.45) is 0 Å². The standard InChI is InChI=1S/C18H19N5O/c1-12-20-18(24-22-12)15-8-5-9-19-17(15)21-16-11-23(2)10-13-6-3-4-7-14(13)16/h3-9,16H,10-11H2,1-2H3,(H,19,21). The minimum atomic E-state index is 0.164. The highest BCUT2D eigenvalue weighted by molar-refractivity contribution is 5.69. The molecule has 2 aromatic heterocycles. The SMILES string of the molecule is Cc1noc(-c2cccnc2NC2CN(C)Cc3ccccc32)n1. The molecule has 1 unspecified atom stereocenters. The van der Waals surface area contributed by atoms with Crippen LogP contribution in [0.5, 0.6) is 0 Å². The van der Waals surface area contributed by atoms with E-state index in [0.717, 1.165) is 24.5 Å². The number of benzene rings is 1. The molecule has 0 saturated heterocycles. The normalized spacial score (nSPS) is 17.5. The van der Waals surface area contributed by atoms with Gasteiger partial charge in [0.05, 0.1) is 11.6 Å². The Morgan fingerprint density at radius 3 is 2.92 bits per heavy atom. The van der Waals surface area contributed by atoms with E-state index < -0.39 is 0 Å². The lowest BCUT2D eigenvalue weighted by atomic mass is 9.95. The summed E-state index contributed by atoms with van der Waals surface area (Å²) >= 11 is 0. The Balaban J connectivity index is 1.69. The van der Waals surface area contributed by atoms with Crippen molar-refractivity contribution in [3.63, 3.8) is 0 Å². The third-order valence-corrected chi connectivity index (χ3v) is 4.24. The number of anilines is 1. The van der Waals surface area contributed by atoms with E-state index in [2.05, 4.69) is 56.7 Å². The molecule has 1 atom stereocenters. The van der Waals surface area contributed by atoms with Crippen molar-refractivity contribution < 1.29 is 4.52 Å². The van der Waals surface area contributed by atoms with Crippen molar-refractivity contribution in [1.29, 1.82) is 0 Å². The van der Waals surface area contributed by atoms with Gasteiger partial charge in [-0.1, -0.05) is 29.4 Å². The van der Waals surface area contributed by atoms with Crippen LogP contribution in [0.1, 0.15) is 23.0 Å². The number of pyridine rings is 1. The topological polar surface area (TPSA) is 67.1 Å². The summed E-state index contributed by atoms with van der Waals surface area (Å²) in [6.45, 7) is 3.69. The largest absolute Gasteiger partial charge is 0.361 e. The molecule has 4 rings (SSSR count). The van der Waals surface area contributed by atoms with Crippen LogP contribution < -0.4 is 5.32 Å². The average molecular weight is 321 g/mol. The summed E-state index contributed by atoms with van der Waals surface area (Å²) in [5, 5.41) is 7.44. The number of hydrogen-bond acceptors (Lipinski definition) is 6. The number of aryl methyl sites for hydroxylation is 1. The molecule has 0 aliphatic carbocycles. The number of likely N-dealkylation sites (N-methyl/N-ethyl adjacent to an activating group) is 1. The van der Waals surface area contributed by atoms with E-state index in [4.69, 9.17) is 4.52 Å². The fraction of sp³-hybridized carbons (Fsp3) is 0.278. The summed E-state index contributed by atoms with van der Waals surface area (Å²) in [5.41, 5.74) is 3.48. The van der Waals surface area contributed by atoms with Gasteiger partial charge in [0.15, 0.2) is 5.82 Å². The maximum atomic E-state index is 5.32. The van der Waals surface area contributed by atoms with Crippen LogP contribution in [0.2, 0.25) is 0 Å². The lowest BCUT2D eigenvalue weighted by Crippen LogP contribution is -2.34. The Bertz CT molecular complexity index is 860. The fourth-order valence-corrected chi connectivity index (χ4v) is 3.17. The second-order valence-corrected chi connectivity index (χ2v) is 6.14. The van der Waals surface area contributed by atoms with Crippen LogP contribution >= 0.6 is 0 Å². The maximum Gasteiger partial charge on any atom is 0.261 e. The summed E-state index contributed by atoms with van der Waals surface area (Å²) in [7, 11) is 2.13. The van der Waals surface area contributed by atoms with E-state index in [0.29, 0.717) is 11.7 Å². The van der Waals surface area contributed by atoms with E-state index in [1.165, 1.54) is 11.1 Å². The van der Waals surface area contributed by atoms with Gasteiger partial charge in [-0.15, -0.1) is 0 Å². The van der Waals surface area contributed by atoms with Gasteiger partial charge in [-0.2, -0.15) is 4.98 Å². The Labute approximate surface area is 140 Å². The van der Waals surface area contributed by atoms with Gasteiger partial charge in [0.25, 0.3) is 5.89 Å². The van der Waals surface area contributed by atoms with Crippen molar-refractivity contribution in [3.05, 3.63) is 59.5 Å². The molecule has 6 heteroatoms. The van der Waals surface area contributed by atoms with Crippen LogP contribution in [0.4, 0.5) is 5.82 Å². The average Bonchev–Trinajstić information content (AvgIpc) is 3.01. The van der Waals surface area contributed by atoms with Gasteiger partial charge in [0.2, 0.25) is 0 Å². The minimum absolute atomic E-state index is 0.164. The molecule has 0 radical (unpaired) electrons. The van der Waals surface area contributed by atoms with E-state index in [1.54, 1.807) is 6.20 Å². The van der Waals surface area contributed by atoms with Crippen molar-refractivity contribution in [2.75, 3.05) is 18.9 Å². The minimum Gasteiger partial charge on any atom is -0.361 e. The molecule has 0 saturated carbocycles. The van der Waals surface area contributed by atoms with Gasteiger partial charge >= 0.3 is 0 Å². The zero-order chi connectivity index (χ0) is 16.5. The molecule has 0 fully saturated rings. The number of hydrogen-bond donors (Lipinski definition) is 1. The molecule has 3 heterocycles. The Morgan fingerprint density at radius 1 is 1.21 bits per heavy atom. The van der Waals surface area contributed by atoms with Gasteiger partial charge in [-0.05, 0) is 37.2 Å². The van der Waals surface area contributed by atoms with Crippen molar-refractivity contribution >= 4 is 5.82 Å². The van der Waals surface area contributed by atoms with Gasteiger partial charge in [-0.25, -0.2) is 4.98 Å². The zero-order valence-electron chi connectivity index (χ0n) is 13.7. The van der Waals surface area contributed by atoms with E-state index >= 15 is 0 Å². The van der Waals surface area contributed by atoms with Crippen LogP contribution in [0.25, 0.3) is 11.5 Å². The number of rotatable bonds is 3. The Hall–Kier alpha value is -2.73. The first-order valence-corrected chi connectivity index (χ1v) is 7.99. The smallest absolute Gasteiger partial charge is 0.261 e.